The highest BCUT2D eigenvalue weighted by molar-refractivity contribution is 5.94. The summed E-state index contributed by atoms with van der Waals surface area (Å²) in [6.45, 7) is 3.51. The van der Waals surface area contributed by atoms with Crippen LogP contribution in [0, 0.1) is 24.2 Å². The number of nitrogens with zero attached hydrogens (tertiary/aromatic N) is 6. The molecular formula is C26H26N8O6. The third-order valence-corrected chi connectivity index (χ3v) is 6.92. The number of anilines is 2. The third kappa shape index (κ3) is 5.36. The number of benzene rings is 1. The highest BCUT2D eigenvalue weighted by Crippen LogP contribution is 2.33. The van der Waals surface area contributed by atoms with Crippen LogP contribution in [0.5, 0.6) is 11.6 Å². The zero-order valence-electron chi connectivity index (χ0n) is 21.7. The van der Waals surface area contributed by atoms with Gasteiger partial charge in [-0.1, -0.05) is 5.16 Å². The van der Waals surface area contributed by atoms with Crippen LogP contribution < -0.4 is 25.0 Å². The molecule has 1 saturated heterocycles. The molecule has 2 N–H and O–H groups in total. The fourth-order valence-corrected chi connectivity index (χ4v) is 5.09. The molecular weight excluding hydrogens is 520 g/mol. The van der Waals surface area contributed by atoms with Crippen LogP contribution in [0.3, 0.4) is 0 Å². The minimum absolute atomic E-state index is 0.119. The molecule has 1 aliphatic carbocycles. The number of ether oxygens (including phenoxy) is 3. The van der Waals surface area contributed by atoms with Crippen molar-refractivity contribution in [2.45, 2.75) is 38.9 Å². The molecule has 1 fully saturated rings. The first-order valence-corrected chi connectivity index (χ1v) is 12.9. The van der Waals surface area contributed by atoms with Gasteiger partial charge in [0, 0.05) is 0 Å². The first kappa shape index (κ1) is 25.5. The number of cyclic esters (lactones) is 1. The van der Waals surface area contributed by atoms with Gasteiger partial charge in [-0.05, 0) is 68.5 Å². The number of hydrogen-bond donors (Lipinski definition) is 2. The SMILES string of the molecule is Cc1noc(COc2cc(C#N)c3c(c2)CC(CNCCC2CN(c4cnc5c(n4)NC(=O)CO5)C(=O)O2)C3)n1. The van der Waals surface area contributed by atoms with E-state index in [0.29, 0.717) is 48.5 Å². The highest BCUT2D eigenvalue weighted by atomic mass is 16.6. The zero-order chi connectivity index (χ0) is 27.6. The first-order chi connectivity index (χ1) is 19.4. The molecule has 2 aliphatic heterocycles. The number of amides is 2. The van der Waals surface area contributed by atoms with Gasteiger partial charge in [0.2, 0.25) is 0 Å². The summed E-state index contributed by atoms with van der Waals surface area (Å²) in [5.41, 5.74) is 2.78. The van der Waals surface area contributed by atoms with E-state index in [2.05, 4.69) is 36.8 Å². The molecule has 206 valence electrons. The molecule has 0 bridgehead atoms. The molecule has 0 saturated carbocycles. The number of nitrogens with one attached hydrogen (secondary N) is 2. The minimum Gasteiger partial charge on any atom is -0.484 e. The fraction of sp³-hybridized carbons (Fsp3) is 0.423. The fourth-order valence-electron chi connectivity index (χ4n) is 5.09. The van der Waals surface area contributed by atoms with E-state index in [9.17, 15) is 14.9 Å². The zero-order valence-corrected chi connectivity index (χ0v) is 21.7. The summed E-state index contributed by atoms with van der Waals surface area (Å²) < 4.78 is 21.6. The summed E-state index contributed by atoms with van der Waals surface area (Å²) in [6, 6.07) is 6.03. The summed E-state index contributed by atoms with van der Waals surface area (Å²) in [5.74, 6) is 2.23. The van der Waals surface area contributed by atoms with Gasteiger partial charge in [0.05, 0.1) is 24.4 Å². The Morgan fingerprint density at radius 3 is 3.00 bits per heavy atom. The maximum atomic E-state index is 12.4. The number of aromatic nitrogens is 4. The second kappa shape index (κ2) is 10.8. The highest BCUT2D eigenvalue weighted by Gasteiger charge is 2.34. The summed E-state index contributed by atoms with van der Waals surface area (Å²) in [5, 5.41) is 19.5. The second-order valence-electron chi connectivity index (χ2n) is 9.85. The van der Waals surface area contributed by atoms with Crippen molar-refractivity contribution in [3.63, 3.8) is 0 Å². The number of carbonyl (C=O) groups excluding carboxylic acids is 2. The number of nitriles is 1. The maximum absolute atomic E-state index is 12.4. The smallest absolute Gasteiger partial charge is 0.415 e. The Morgan fingerprint density at radius 2 is 2.17 bits per heavy atom. The molecule has 2 aromatic heterocycles. The van der Waals surface area contributed by atoms with Gasteiger partial charge in [-0.2, -0.15) is 10.2 Å². The molecule has 6 rings (SSSR count). The van der Waals surface area contributed by atoms with E-state index in [1.54, 1.807) is 13.0 Å². The lowest BCUT2D eigenvalue weighted by molar-refractivity contribution is -0.118. The molecule has 0 radical (unpaired) electrons. The molecule has 2 amide bonds. The lowest BCUT2D eigenvalue weighted by Gasteiger charge is -2.18. The van der Waals surface area contributed by atoms with Gasteiger partial charge in [-0.15, -0.1) is 0 Å². The lowest BCUT2D eigenvalue weighted by Crippen LogP contribution is -2.30. The van der Waals surface area contributed by atoms with Crippen molar-refractivity contribution in [2.75, 3.05) is 36.5 Å². The van der Waals surface area contributed by atoms with E-state index in [4.69, 9.17) is 18.7 Å². The van der Waals surface area contributed by atoms with Gasteiger partial charge in [0.15, 0.2) is 30.7 Å². The van der Waals surface area contributed by atoms with Gasteiger partial charge < -0.3 is 29.4 Å². The van der Waals surface area contributed by atoms with Crippen molar-refractivity contribution >= 4 is 23.6 Å². The third-order valence-electron chi connectivity index (χ3n) is 6.92. The van der Waals surface area contributed by atoms with E-state index < -0.39 is 6.09 Å². The Hall–Kier alpha value is -4.77. The van der Waals surface area contributed by atoms with Crippen LogP contribution in [0.2, 0.25) is 0 Å². The number of hydrogen-bond acceptors (Lipinski definition) is 12. The van der Waals surface area contributed by atoms with E-state index in [-0.39, 0.29) is 42.7 Å². The van der Waals surface area contributed by atoms with Crippen molar-refractivity contribution in [2.24, 2.45) is 5.92 Å². The molecule has 4 heterocycles. The molecule has 1 aromatic carbocycles. The second-order valence-corrected chi connectivity index (χ2v) is 9.85. The molecule has 3 aliphatic rings. The van der Waals surface area contributed by atoms with Gasteiger partial charge in [-0.3, -0.25) is 9.69 Å². The predicted octanol–water partition coefficient (Wildman–Crippen LogP) is 1.67. The monoisotopic (exact) mass is 546 g/mol. The predicted molar refractivity (Wildman–Crippen MR) is 137 cm³/mol. The molecule has 14 heteroatoms. The van der Waals surface area contributed by atoms with Gasteiger partial charge in [-0.25, -0.2) is 14.8 Å². The lowest BCUT2D eigenvalue weighted by atomic mass is 10.0. The number of fused-ring (bicyclic) bond motifs is 2. The number of rotatable bonds is 9. The van der Waals surface area contributed by atoms with Crippen molar-refractivity contribution in [1.29, 1.82) is 5.26 Å². The number of aryl methyl sites for hydroxylation is 1. The summed E-state index contributed by atoms with van der Waals surface area (Å²) in [7, 11) is 0. The van der Waals surface area contributed by atoms with E-state index in [1.165, 1.54) is 11.1 Å². The Labute approximate surface area is 228 Å². The van der Waals surface area contributed by atoms with E-state index in [1.807, 2.05) is 6.07 Å². The summed E-state index contributed by atoms with van der Waals surface area (Å²) >= 11 is 0. The topological polar surface area (TPSA) is 178 Å². The quantitative estimate of drug-likeness (QED) is 0.372. The van der Waals surface area contributed by atoms with Crippen molar-refractivity contribution in [1.82, 2.24) is 25.4 Å². The van der Waals surface area contributed by atoms with Gasteiger partial charge in [0.25, 0.3) is 17.7 Å². The minimum atomic E-state index is -0.509. The molecule has 2 atom stereocenters. The molecule has 40 heavy (non-hydrogen) atoms. The van der Waals surface area contributed by atoms with Crippen molar-refractivity contribution < 1.29 is 28.3 Å². The van der Waals surface area contributed by atoms with E-state index in [0.717, 1.165) is 30.5 Å². The molecule has 14 nitrogen and oxygen atoms in total. The van der Waals surface area contributed by atoms with Crippen molar-refractivity contribution in [3.05, 3.63) is 46.7 Å². The summed E-state index contributed by atoms with van der Waals surface area (Å²) in [6.07, 6.45) is 2.86. The van der Waals surface area contributed by atoms with Crippen LogP contribution in [0.1, 0.15) is 34.8 Å². The first-order valence-electron chi connectivity index (χ1n) is 12.9. The Balaban J connectivity index is 0.979. The largest absolute Gasteiger partial charge is 0.484 e. The van der Waals surface area contributed by atoms with Crippen LogP contribution >= 0.6 is 0 Å². The van der Waals surface area contributed by atoms with E-state index >= 15 is 0 Å². The van der Waals surface area contributed by atoms with Crippen LogP contribution in [-0.2, 0) is 29.0 Å². The standard InChI is InChI=1S/C26H26N8O6/c1-14-30-23(40-33-14)13-37-19-6-16-4-15(5-20(16)17(7-19)8-27)9-28-3-2-18-11-34(26(36)39-18)21-10-29-25-24(31-21)32-22(35)12-38-25/h6-7,10,15,18,28H,2-5,9,11-13H2,1H3,(H,31,32,35). The van der Waals surface area contributed by atoms with Crippen LogP contribution in [0.25, 0.3) is 0 Å². The maximum Gasteiger partial charge on any atom is 0.415 e. The van der Waals surface area contributed by atoms with Crippen LogP contribution in [-0.4, -0.2) is 64.5 Å². The van der Waals surface area contributed by atoms with Crippen LogP contribution in [0.4, 0.5) is 16.4 Å². The van der Waals surface area contributed by atoms with Gasteiger partial charge in [0.1, 0.15) is 11.9 Å². The Morgan fingerprint density at radius 1 is 1.27 bits per heavy atom. The number of carbonyl (C=O) groups is 2. The van der Waals surface area contributed by atoms with Crippen LogP contribution in [0.15, 0.2) is 22.9 Å². The van der Waals surface area contributed by atoms with Gasteiger partial charge >= 0.3 is 6.09 Å². The average Bonchev–Trinajstić information content (AvgIpc) is 3.66. The molecule has 3 aromatic rings. The summed E-state index contributed by atoms with van der Waals surface area (Å²) in [4.78, 5) is 38.0. The molecule has 2 unspecified atom stereocenters. The normalized spacial score (nSPS) is 19.4. The average molecular weight is 547 g/mol. The Bertz CT molecular complexity index is 1500. The Kier molecular flexibility index (Phi) is 6.87. The molecule has 0 spiro atoms. The van der Waals surface area contributed by atoms with Crippen molar-refractivity contribution in [3.8, 4) is 17.7 Å².